The topological polar surface area (TPSA) is 85.2 Å². The summed E-state index contributed by atoms with van der Waals surface area (Å²) in [6, 6.07) is 8.38. The molecule has 8 heteroatoms. The van der Waals surface area contributed by atoms with E-state index in [2.05, 4.69) is 31.6 Å². The van der Waals surface area contributed by atoms with Gasteiger partial charge < -0.3 is 10.1 Å². The molecule has 1 aromatic carbocycles. The Morgan fingerprint density at radius 3 is 2.72 bits per heavy atom. The molecule has 2 aromatic heterocycles. The quantitative estimate of drug-likeness (QED) is 0.732. The summed E-state index contributed by atoms with van der Waals surface area (Å²) in [7, 11) is 1.90. The standard InChI is InChI=1S/C21H24N6O2/c1-26-13-17(12-22-26)14-2-3-19-15(8-14)11-20(25-24-19)23-21(28)16-9-18(10-16)27-4-6-29-7-5-27/h2-3,8,11-13,16,18H,4-7,9-10H2,1H3,(H,23,25,28)/t16-,18-. The van der Waals surface area contributed by atoms with Crippen molar-refractivity contribution in [2.45, 2.75) is 18.9 Å². The Hall–Kier alpha value is -2.84. The predicted octanol–water partition coefficient (Wildman–Crippen LogP) is 2.08. The third kappa shape index (κ3) is 3.73. The summed E-state index contributed by atoms with van der Waals surface area (Å²) in [5, 5.41) is 16.6. The second kappa shape index (κ2) is 7.53. The van der Waals surface area contributed by atoms with Crippen LogP contribution in [0.2, 0.25) is 0 Å². The minimum absolute atomic E-state index is 0.0339. The Balaban J connectivity index is 1.26. The third-order valence-corrected chi connectivity index (χ3v) is 5.92. The maximum atomic E-state index is 12.6. The molecule has 8 nitrogen and oxygen atoms in total. The predicted molar refractivity (Wildman–Crippen MR) is 109 cm³/mol. The van der Waals surface area contributed by atoms with E-state index in [9.17, 15) is 4.79 Å². The van der Waals surface area contributed by atoms with Crippen LogP contribution in [0.15, 0.2) is 36.7 Å². The SMILES string of the molecule is Cn1cc(-c2ccc3nnc(NC(=O)[C@H]4C[C@H](N5CCOCC5)C4)cc3c2)cn1. The van der Waals surface area contributed by atoms with Crippen LogP contribution < -0.4 is 5.32 Å². The van der Waals surface area contributed by atoms with E-state index in [0.717, 1.165) is 61.2 Å². The van der Waals surface area contributed by atoms with E-state index in [-0.39, 0.29) is 11.8 Å². The van der Waals surface area contributed by atoms with Gasteiger partial charge in [-0.25, -0.2) is 0 Å². The molecule has 0 radical (unpaired) electrons. The minimum Gasteiger partial charge on any atom is -0.379 e. The van der Waals surface area contributed by atoms with Gasteiger partial charge in [-0.2, -0.15) is 5.10 Å². The van der Waals surface area contributed by atoms with Crippen LogP contribution in [0.3, 0.4) is 0 Å². The molecule has 3 aromatic rings. The lowest BCUT2D eigenvalue weighted by molar-refractivity contribution is -0.125. The van der Waals surface area contributed by atoms with Gasteiger partial charge in [0, 0.05) is 49.2 Å². The van der Waals surface area contributed by atoms with Crippen molar-refractivity contribution >= 4 is 22.6 Å². The lowest BCUT2D eigenvalue weighted by Gasteiger charge is -2.43. The molecule has 150 valence electrons. The van der Waals surface area contributed by atoms with Crippen LogP contribution in [0.25, 0.3) is 22.0 Å². The molecule has 1 aliphatic carbocycles. The van der Waals surface area contributed by atoms with E-state index >= 15 is 0 Å². The van der Waals surface area contributed by atoms with Crippen molar-refractivity contribution in [3.63, 3.8) is 0 Å². The molecule has 1 aliphatic heterocycles. The number of aromatic nitrogens is 4. The summed E-state index contributed by atoms with van der Waals surface area (Å²) >= 11 is 0. The van der Waals surface area contributed by atoms with Gasteiger partial charge in [-0.05, 0) is 36.6 Å². The Morgan fingerprint density at radius 1 is 1.14 bits per heavy atom. The summed E-state index contributed by atoms with van der Waals surface area (Å²) in [5.41, 5.74) is 2.90. The van der Waals surface area contributed by atoms with E-state index in [1.54, 1.807) is 4.68 Å². The second-order valence-electron chi connectivity index (χ2n) is 7.87. The lowest BCUT2D eigenvalue weighted by atomic mass is 9.78. The Labute approximate surface area is 168 Å². The molecule has 3 heterocycles. The summed E-state index contributed by atoms with van der Waals surface area (Å²) in [5.74, 6) is 0.578. The van der Waals surface area contributed by atoms with Crippen molar-refractivity contribution < 1.29 is 9.53 Å². The largest absolute Gasteiger partial charge is 0.379 e. The van der Waals surface area contributed by atoms with Crippen LogP contribution in [-0.2, 0) is 16.6 Å². The molecule has 1 saturated carbocycles. The van der Waals surface area contributed by atoms with Crippen molar-refractivity contribution in [3.05, 3.63) is 36.7 Å². The number of amides is 1. The van der Waals surface area contributed by atoms with Crippen molar-refractivity contribution in [3.8, 4) is 11.1 Å². The molecule has 0 spiro atoms. The highest BCUT2D eigenvalue weighted by atomic mass is 16.5. The number of hydrogen-bond donors (Lipinski definition) is 1. The van der Waals surface area contributed by atoms with Crippen LogP contribution in [-0.4, -0.2) is 63.1 Å². The molecule has 1 amide bonds. The van der Waals surface area contributed by atoms with Crippen molar-refractivity contribution in [1.29, 1.82) is 0 Å². The van der Waals surface area contributed by atoms with Gasteiger partial charge in [0.25, 0.3) is 0 Å². The molecule has 5 rings (SSSR count). The molecular weight excluding hydrogens is 368 g/mol. The smallest absolute Gasteiger partial charge is 0.228 e. The van der Waals surface area contributed by atoms with Gasteiger partial charge in [-0.3, -0.25) is 14.4 Å². The first-order valence-electron chi connectivity index (χ1n) is 10.0. The molecule has 1 saturated heterocycles. The van der Waals surface area contributed by atoms with Crippen molar-refractivity contribution in [2.75, 3.05) is 31.6 Å². The fraction of sp³-hybridized carbons (Fsp3) is 0.429. The zero-order valence-corrected chi connectivity index (χ0v) is 16.4. The summed E-state index contributed by atoms with van der Waals surface area (Å²) in [4.78, 5) is 15.1. The van der Waals surface area contributed by atoms with Gasteiger partial charge in [-0.15, -0.1) is 10.2 Å². The highest BCUT2D eigenvalue weighted by molar-refractivity contribution is 5.94. The highest BCUT2D eigenvalue weighted by Crippen LogP contribution is 2.33. The number of aryl methyl sites for hydroxylation is 1. The monoisotopic (exact) mass is 392 g/mol. The van der Waals surface area contributed by atoms with E-state index in [4.69, 9.17) is 4.74 Å². The van der Waals surface area contributed by atoms with Gasteiger partial charge >= 0.3 is 0 Å². The van der Waals surface area contributed by atoms with E-state index in [1.807, 2.05) is 37.6 Å². The number of anilines is 1. The van der Waals surface area contributed by atoms with Crippen molar-refractivity contribution in [1.82, 2.24) is 24.9 Å². The van der Waals surface area contributed by atoms with Gasteiger partial charge in [-0.1, -0.05) is 6.07 Å². The molecule has 2 aliphatic rings. The van der Waals surface area contributed by atoms with Gasteiger partial charge in [0.05, 0.1) is 24.9 Å². The molecule has 1 N–H and O–H groups in total. The number of hydrogen-bond acceptors (Lipinski definition) is 6. The molecule has 29 heavy (non-hydrogen) atoms. The molecule has 0 unspecified atom stereocenters. The number of fused-ring (bicyclic) bond motifs is 1. The maximum Gasteiger partial charge on any atom is 0.228 e. The van der Waals surface area contributed by atoms with Gasteiger partial charge in [0.2, 0.25) is 5.91 Å². The average Bonchev–Trinajstić information content (AvgIpc) is 3.13. The molecular formula is C21H24N6O2. The normalized spacial score (nSPS) is 22.4. The zero-order valence-electron chi connectivity index (χ0n) is 16.4. The Kier molecular flexibility index (Phi) is 4.73. The fourth-order valence-corrected chi connectivity index (χ4v) is 4.13. The molecule has 2 fully saturated rings. The number of morpholine rings is 1. The number of nitrogens with one attached hydrogen (secondary N) is 1. The third-order valence-electron chi connectivity index (χ3n) is 5.92. The van der Waals surface area contributed by atoms with Crippen LogP contribution in [0.5, 0.6) is 0 Å². The fourth-order valence-electron chi connectivity index (χ4n) is 4.13. The maximum absolute atomic E-state index is 12.6. The summed E-state index contributed by atoms with van der Waals surface area (Å²) in [6.07, 6.45) is 5.61. The number of ether oxygens (including phenoxy) is 1. The molecule has 0 bridgehead atoms. The number of carbonyl (C=O) groups excluding carboxylic acids is 1. The van der Waals surface area contributed by atoms with E-state index < -0.39 is 0 Å². The molecule has 0 atom stereocenters. The first-order valence-corrected chi connectivity index (χ1v) is 10.0. The number of rotatable bonds is 4. The number of benzene rings is 1. The van der Waals surface area contributed by atoms with Crippen LogP contribution >= 0.6 is 0 Å². The summed E-state index contributed by atoms with van der Waals surface area (Å²) in [6.45, 7) is 3.52. The van der Waals surface area contributed by atoms with Gasteiger partial charge in [0.15, 0.2) is 5.82 Å². The Bertz CT molecular complexity index is 1040. The Morgan fingerprint density at radius 2 is 1.97 bits per heavy atom. The number of carbonyl (C=O) groups is 1. The highest BCUT2D eigenvalue weighted by Gasteiger charge is 2.38. The first-order chi connectivity index (χ1) is 14.2. The van der Waals surface area contributed by atoms with Crippen molar-refractivity contribution in [2.24, 2.45) is 13.0 Å². The van der Waals surface area contributed by atoms with Gasteiger partial charge in [0.1, 0.15) is 0 Å². The second-order valence-corrected chi connectivity index (χ2v) is 7.87. The van der Waals surface area contributed by atoms with E-state index in [1.165, 1.54) is 0 Å². The van der Waals surface area contributed by atoms with Crippen LogP contribution in [0.1, 0.15) is 12.8 Å². The minimum atomic E-state index is 0.0339. The summed E-state index contributed by atoms with van der Waals surface area (Å²) < 4.78 is 7.18. The average molecular weight is 392 g/mol. The lowest BCUT2D eigenvalue weighted by Crippen LogP contribution is -2.52. The first kappa shape index (κ1) is 18.2. The van der Waals surface area contributed by atoms with E-state index in [0.29, 0.717) is 11.9 Å². The number of nitrogens with zero attached hydrogens (tertiary/aromatic N) is 5. The van der Waals surface area contributed by atoms with Crippen LogP contribution in [0.4, 0.5) is 5.82 Å². The van der Waals surface area contributed by atoms with Crippen LogP contribution in [0, 0.1) is 5.92 Å². The zero-order chi connectivity index (χ0) is 19.8.